The first-order valence-electron chi connectivity index (χ1n) is 10.1. The molecule has 2 unspecified atom stereocenters. The van der Waals surface area contributed by atoms with E-state index in [2.05, 4.69) is 34.6 Å². The van der Waals surface area contributed by atoms with Gasteiger partial charge in [-0.1, -0.05) is 33.3 Å². The Labute approximate surface area is 158 Å². The third-order valence-corrected chi connectivity index (χ3v) is 7.07. The lowest BCUT2D eigenvalue weighted by atomic mass is 9.76. The van der Waals surface area contributed by atoms with Crippen LogP contribution in [0.2, 0.25) is 0 Å². The highest BCUT2D eigenvalue weighted by Gasteiger charge is 2.36. The second-order valence-corrected chi connectivity index (χ2v) is 8.72. The number of carbonyl (C=O) groups excluding carboxylic acids is 2. The Kier molecular flexibility index (Phi) is 4.98. The number of benzene rings is 1. The van der Waals surface area contributed by atoms with Crippen molar-refractivity contribution >= 4 is 11.6 Å². The summed E-state index contributed by atoms with van der Waals surface area (Å²) in [7, 11) is 0. The van der Waals surface area contributed by atoms with E-state index in [-0.39, 0.29) is 17.5 Å². The van der Waals surface area contributed by atoms with Crippen molar-refractivity contribution < 1.29 is 9.59 Å². The Morgan fingerprint density at radius 1 is 1.08 bits per heavy atom. The van der Waals surface area contributed by atoms with E-state index in [1.807, 2.05) is 13.0 Å². The highest BCUT2D eigenvalue weighted by Crippen LogP contribution is 2.46. The summed E-state index contributed by atoms with van der Waals surface area (Å²) >= 11 is 0. The fraction of sp³-hybridized carbons (Fsp3) is 0.583. The molecule has 0 aliphatic heterocycles. The number of Topliss-reactive ketones (excluding diaryl/α,β-unsaturated/α-hetero) is 2. The Balaban J connectivity index is 2.03. The highest BCUT2D eigenvalue weighted by molar-refractivity contribution is 6.20. The molecule has 0 spiro atoms. The van der Waals surface area contributed by atoms with Crippen molar-refractivity contribution in [2.45, 2.75) is 86.0 Å². The molecule has 3 rings (SSSR count). The van der Waals surface area contributed by atoms with Crippen LogP contribution in [-0.4, -0.2) is 11.6 Å². The maximum atomic E-state index is 12.6. The molecule has 2 aliphatic carbocycles. The lowest BCUT2D eigenvalue weighted by Crippen LogP contribution is -2.21. The van der Waals surface area contributed by atoms with E-state index in [1.165, 1.54) is 40.7 Å². The molecule has 0 saturated heterocycles. The molecule has 26 heavy (non-hydrogen) atoms. The van der Waals surface area contributed by atoms with Gasteiger partial charge in [-0.15, -0.1) is 0 Å². The van der Waals surface area contributed by atoms with E-state index in [4.69, 9.17) is 0 Å². The van der Waals surface area contributed by atoms with Crippen LogP contribution in [-0.2, 0) is 22.4 Å². The number of rotatable bonds is 4. The molecule has 1 aromatic carbocycles. The highest BCUT2D eigenvalue weighted by atomic mass is 16.1. The Hall–Kier alpha value is -1.70. The zero-order valence-corrected chi connectivity index (χ0v) is 17.2. The Morgan fingerprint density at radius 2 is 1.69 bits per heavy atom. The van der Waals surface area contributed by atoms with Gasteiger partial charge in [0.05, 0.1) is 5.57 Å². The van der Waals surface area contributed by atoms with Crippen molar-refractivity contribution in [2.75, 3.05) is 0 Å². The smallest absolute Gasteiger partial charge is 0.166 e. The normalized spacial score (nSPS) is 25.2. The molecule has 0 bridgehead atoms. The number of hydrogen-bond acceptors (Lipinski definition) is 2. The molecule has 0 radical (unpaired) electrons. The first-order chi connectivity index (χ1) is 12.2. The Morgan fingerprint density at radius 3 is 2.23 bits per heavy atom. The molecule has 0 fully saturated rings. The van der Waals surface area contributed by atoms with Crippen LogP contribution >= 0.6 is 0 Å². The molecular weight excluding hydrogens is 320 g/mol. The van der Waals surface area contributed by atoms with Gasteiger partial charge in [0.15, 0.2) is 11.6 Å². The third-order valence-electron chi connectivity index (χ3n) is 7.07. The van der Waals surface area contributed by atoms with Gasteiger partial charge in [0, 0.05) is 12.8 Å². The van der Waals surface area contributed by atoms with Gasteiger partial charge in [0.1, 0.15) is 0 Å². The molecule has 1 aromatic rings. The van der Waals surface area contributed by atoms with Crippen molar-refractivity contribution in [3.05, 3.63) is 45.0 Å². The number of fused-ring (bicyclic) bond motifs is 1. The number of ketones is 2. The fourth-order valence-corrected chi connectivity index (χ4v) is 5.05. The summed E-state index contributed by atoms with van der Waals surface area (Å²) < 4.78 is 0. The van der Waals surface area contributed by atoms with Gasteiger partial charge in [-0.25, -0.2) is 0 Å². The summed E-state index contributed by atoms with van der Waals surface area (Å²) in [5.74, 6) is 0.238. The van der Waals surface area contributed by atoms with E-state index < -0.39 is 0 Å². The minimum Gasteiger partial charge on any atom is -0.294 e. The molecule has 2 heteroatoms. The minimum atomic E-state index is -0.00857. The van der Waals surface area contributed by atoms with E-state index in [1.54, 1.807) is 5.56 Å². The summed E-state index contributed by atoms with van der Waals surface area (Å²) in [6, 6.07) is 0. The largest absolute Gasteiger partial charge is 0.294 e. The molecule has 2 nitrogen and oxygen atoms in total. The Bertz CT molecular complexity index is 812. The molecule has 0 saturated carbocycles. The van der Waals surface area contributed by atoms with Crippen LogP contribution in [0.3, 0.4) is 0 Å². The molecule has 0 aromatic heterocycles. The van der Waals surface area contributed by atoms with Crippen LogP contribution in [0.5, 0.6) is 0 Å². The van der Waals surface area contributed by atoms with Crippen molar-refractivity contribution in [2.24, 2.45) is 5.41 Å². The van der Waals surface area contributed by atoms with Crippen molar-refractivity contribution in [1.82, 2.24) is 0 Å². The van der Waals surface area contributed by atoms with Crippen molar-refractivity contribution in [3.8, 4) is 0 Å². The van der Waals surface area contributed by atoms with E-state index in [0.717, 1.165) is 12.8 Å². The third kappa shape index (κ3) is 2.98. The van der Waals surface area contributed by atoms with Gasteiger partial charge in [-0.3, -0.25) is 9.59 Å². The van der Waals surface area contributed by atoms with Crippen LogP contribution in [0.15, 0.2) is 11.6 Å². The molecule has 0 amide bonds. The van der Waals surface area contributed by atoms with Gasteiger partial charge < -0.3 is 0 Å². The van der Waals surface area contributed by atoms with E-state index >= 15 is 0 Å². The van der Waals surface area contributed by atoms with Gasteiger partial charge in [-0.2, -0.15) is 0 Å². The molecular formula is C24H32O2. The van der Waals surface area contributed by atoms with Gasteiger partial charge >= 0.3 is 0 Å². The fourth-order valence-electron chi connectivity index (χ4n) is 5.05. The molecule has 0 heterocycles. The standard InChI is InChI=1S/C24H32O2/c1-7-21(25)18-10-9-17(11-22(18)26)23-15(4)14(3)19-12-24(6,8-2)13-20(19)16(23)5/h10,17H,7-9,11-13H2,1-6H3. The lowest BCUT2D eigenvalue weighted by Gasteiger charge is -2.27. The quantitative estimate of drug-likeness (QED) is 0.673. The summed E-state index contributed by atoms with van der Waals surface area (Å²) in [6.07, 6.45) is 7.11. The predicted molar refractivity (Wildman–Crippen MR) is 107 cm³/mol. The molecule has 140 valence electrons. The average Bonchev–Trinajstić information content (AvgIpc) is 2.98. The number of carbonyl (C=O) groups is 2. The summed E-state index contributed by atoms with van der Waals surface area (Å²) in [5, 5.41) is 0. The van der Waals surface area contributed by atoms with Crippen LogP contribution < -0.4 is 0 Å². The SMILES string of the molecule is CCC(=O)C1=CCC(c2c(C)c(C)c3c(c2C)CC(C)(CC)C3)CC1=O. The maximum Gasteiger partial charge on any atom is 0.166 e. The lowest BCUT2D eigenvalue weighted by molar-refractivity contribution is -0.121. The van der Waals surface area contributed by atoms with Gasteiger partial charge in [0.2, 0.25) is 0 Å². The zero-order valence-electron chi connectivity index (χ0n) is 17.2. The van der Waals surface area contributed by atoms with E-state index in [9.17, 15) is 9.59 Å². The molecule has 2 aliphatic rings. The van der Waals surface area contributed by atoms with Crippen LogP contribution in [0, 0.1) is 26.2 Å². The van der Waals surface area contributed by atoms with Crippen LogP contribution in [0.1, 0.15) is 85.8 Å². The first-order valence-corrected chi connectivity index (χ1v) is 10.1. The topological polar surface area (TPSA) is 34.1 Å². The second-order valence-electron chi connectivity index (χ2n) is 8.72. The van der Waals surface area contributed by atoms with Gasteiger partial charge in [0.25, 0.3) is 0 Å². The van der Waals surface area contributed by atoms with Gasteiger partial charge in [-0.05, 0) is 84.7 Å². The van der Waals surface area contributed by atoms with Crippen LogP contribution in [0.25, 0.3) is 0 Å². The average molecular weight is 353 g/mol. The van der Waals surface area contributed by atoms with Crippen molar-refractivity contribution in [3.63, 3.8) is 0 Å². The second kappa shape index (κ2) is 6.79. The maximum absolute atomic E-state index is 12.6. The summed E-state index contributed by atoms with van der Waals surface area (Å²) in [6.45, 7) is 13.2. The minimum absolute atomic E-state index is 0.00857. The van der Waals surface area contributed by atoms with E-state index in [0.29, 0.717) is 23.8 Å². The molecule has 0 N–H and O–H groups in total. The van der Waals surface area contributed by atoms with Crippen LogP contribution in [0.4, 0.5) is 0 Å². The summed E-state index contributed by atoms with van der Waals surface area (Å²) in [5.41, 5.74) is 9.43. The summed E-state index contributed by atoms with van der Waals surface area (Å²) in [4.78, 5) is 24.6. The van der Waals surface area contributed by atoms with Crippen molar-refractivity contribution in [1.29, 1.82) is 0 Å². The number of allylic oxidation sites excluding steroid dienone is 2. The number of hydrogen-bond donors (Lipinski definition) is 0. The zero-order chi connectivity index (χ0) is 19.2. The monoisotopic (exact) mass is 352 g/mol. The predicted octanol–water partition coefficient (Wildman–Crippen LogP) is 5.48. The first kappa shape index (κ1) is 19.1. The molecule has 2 atom stereocenters.